The lowest BCUT2D eigenvalue weighted by Gasteiger charge is -2.26. The smallest absolute Gasteiger partial charge is 0.256 e. The van der Waals surface area contributed by atoms with Crippen LogP contribution in [0.25, 0.3) is 0 Å². The Morgan fingerprint density at radius 3 is 2.36 bits per heavy atom. The van der Waals surface area contributed by atoms with Crippen LogP contribution in [0.5, 0.6) is 0 Å². The molecule has 0 radical (unpaired) electrons. The van der Waals surface area contributed by atoms with Crippen LogP contribution >= 0.6 is 0 Å². The molecule has 150 valence electrons. The van der Waals surface area contributed by atoms with E-state index in [1.54, 1.807) is 6.92 Å². The number of sulfonamides is 1. The van der Waals surface area contributed by atoms with Crippen LogP contribution in [0.15, 0.2) is 35.2 Å². The molecule has 1 amide bonds. The zero-order chi connectivity index (χ0) is 20.5. The first-order valence-corrected chi connectivity index (χ1v) is 10.2. The number of carbonyl (C=O) groups excluding carboxylic acids is 1. The van der Waals surface area contributed by atoms with E-state index in [1.165, 1.54) is 22.5 Å². The molecule has 1 saturated heterocycles. The van der Waals surface area contributed by atoms with E-state index in [0.717, 1.165) is 25.3 Å². The van der Waals surface area contributed by atoms with Crippen molar-refractivity contribution < 1.29 is 26.4 Å². The van der Waals surface area contributed by atoms with Gasteiger partial charge in [-0.25, -0.2) is 21.6 Å². The van der Waals surface area contributed by atoms with E-state index in [1.807, 2.05) is 0 Å². The van der Waals surface area contributed by atoms with Gasteiger partial charge >= 0.3 is 0 Å². The maximum atomic E-state index is 13.8. The Morgan fingerprint density at radius 1 is 1.00 bits per heavy atom. The summed E-state index contributed by atoms with van der Waals surface area (Å²) in [4.78, 5) is 12.5. The number of carbonyl (C=O) groups is 1. The first kappa shape index (κ1) is 20.3. The summed E-state index contributed by atoms with van der Waals surface area (Å²) >= 11 is 0. The molecule has 0 unspecified atom stereocenters. The fraction of sp³-hybridized carbons (Fsp3) is 0.316. The van der Waals surface area contributed by atoms with E-state index in [0.29, 0.717) is 24.7 Å². The minimum atomic E-state index is -3.76. The fourth-order valence-corrected chi connectivity index (χ4v) is 4.62. The highest BCUT2D eigenvalue weighted by molar-refractivity contribution is 7.89. The lowest BCUT2D eigenvalue weighted by molar-refractivity contribution is 0.102. The second kappa shape index (κ2) is 7.92. The van der Waals surface area contributed by atoms with Gasteiger partial charge in [0.15, 0.2) is 17.5 Å². The van der Waals surface area contributed by atoms with Crippen molar-refractivity contribution in [1.82, 2.24) is 4.31 Å². The molecule has 1 fully saturated rings. The van der Waals surface area contributed by atoms with Crippen molar-refractivity contribution in [2.45, 2.75) is 31.1 Å². The van der Waals surface area contributed by atoms with Crippen molar-refractivity contribution in [3.8, 4) is 0 Å². The molecule has 1 N–H and O–H groups in total. The summed E-state index contributed by atoms with van der Waals surface area (Å²) in [7, 11) is -3.76. The van der Waals surface area contributed by atoms with Crippen molar-refractivity contribution in [3.63, 3.8) is 0 Å². The molecule has 28 heavy (non-hydrogen) atoms. The number of hydrogen-bond acceptors (Lipinski definition) is 3. The first-order valence-electron chi connectivity index (χ1n) is 8.77. The fourth-order valence-electron chi connectivity index (χ4n) is 3.07. The van der Waals surface area contributed by atoms with Gasteiger partial charge in [0, 0.05) is 18.7 Å². The van der Waals surface area contributed by atoms with Crippen LogP contribution < -0.4 is 5.32 Å². The molecule has 3 rings (SSSR count). The normalized spacial score (nSPS) is 15.4. The lowest BCUT2D eigenvalue weighted by Crippen LogP contribution is -2.35. The maximum Gasteiger partial charge on any atom is 0.256 e. The highest BCUT2D eigenvalue weighted by Crippen LogP contribution is 2.25. The molecule has 0 spiro atoms. The number of hydrogen-bond donors (Lipinski definition) is 1. The third kappa shape index (κ3) is 3.90. The van der Waals surface area contributed by atoms with Crippen molar-refractivity contribution >= 4 is 21.6 Å². The topological polar surface area (TPSA) is 66.5 Å². The van der Waals surface area contributed by atoms with Crippen LogP contribution in [-0.4, -0.2) is 31.7 Å². The minimum absolute atomic E-state index is 0.00205. The number of nitrogens with one attached hydrogen (secondary N) is 1. The molecular formula is C19H19F3N2O3S. The maximum absolute atomic E-state index is 13.8. The molecule has 0 aromatic heterocycles. The van der Waals surface area contributed by atoms with Crippen molar-refractivity contribution in [2.24, 2.45) is 0 Å². The van der Waals surface area contributed by atoms with E-state index in [2.05, 4.69) is 5.32 Å². The van der Waals surface area contributed by atoms with Crippen LogP contribution in [0, 0.1) is 24.4 Å². The third-order valence-electron chi connectivity index (χ3n) is 4.69. The number of nitrogens with zero attached hydrogens (tertiary/aromatic N) is 1. The zero-order valence-corrected chi connectivity index (χ0v) is 16.0. The Hall–Kier alpha value is -2.39. The van der Waals surface area contributed by atoms with Crippen molar-refractivity contribution in [2.75, 3.05) is 18.4 Å². The molecule has 1 heterocycles. The highest BCUT2D eigenvalue weighted by atomic mass is 32.2. The first-order chi connectivity index (χ1) is 13.2. The number of rotatable bonds is 4. The van der Waals surface area contributed by atoms with Crippen molar-refractivity contribution in [1.29, 1.82) is 0 Å². The Balaban J connectivity index is 1.91. The van der Waals surface area contributed by atoms with E-state index < -0.39 is 39.1 Å². The van der Waals surface area contributed by atoms with E-state index in [4.69, 9.17) is 0 Å². The molecule has 0 atom stereocenters. The van der Waals surface area contributed by atoms with E-state index in [-0.39, 0.29) is 10.5 Å². The van der Waals surface area contributed by atoms with Crippen molar-refractivity contribution in [3.05, 3.63) is 58.9 Å². The number of halogens is 3. The molecular weight excluding hydrogens is 393 g/mol. The summed E-state index contributed by atoms with van der Waals surface area (Å²) in [6.07, 6.45) is 2.51. The van der Waals surface area contributed by atoms with Crippen LogP contribution in [0.1, 0.15) is 35.2 Å². The summed E-state index contributed by atoms with van der Waals surface area (Å²) < 4.78 is 67.2. The number of aryl methyl sites for hydroxylation is 1. The van der Waals surface area contributed by atoms with Crippen LogP contribution in [-0.2, 0) is 10.0 Å². The number of piperidine rings is 1. The van der Waals surface area contributed by atoms with Gasteiger partial charge < -0.3 is 5.32 Å². The molecule has 2 aromatic rings. The lowest BCUT2D eigenvalue weighted by atomic mass is 10.1. The van der Waals surface area contributed by atoms with Gasteiger partial charge in [0.05, 0.1) is 10.6 Å². The second-order valence-corrected chi connectivity index (χ2v) is 8.56. The van der Waals surface area contributed by atoms with Crippen LogP contribution in [0.3, 0.4) is 0 Å². The molecule has 5 nitrogen and oxygen atoms in total. The van der Waals surface area contributed by atoms with Crippen LogP contribution in [0.2, 0.25) is 0 Å². The van der Waals surface area contributed by atoms with Crippen LogP contribution in [0.4, 0.5) is 18.9 Å². The Labute approximate surface area is 161 Å². The van der Waals surface area contributed by atoms with Gasteiger partial charge in [0.2, 0.25) is 10.0 Å². The largest absolute Gasteiger partial charge is 0.319 e. The predicted molar refractivity (Wildman–Crippen MR) is 98.1 cm³/mol. The summed E-state index contributed by atoms with van der Waals surface area (Å²) in [5.41, 5.74) is -0.0760. The van der Waals surface area contributed by atoms with Gasteiger partial charge in [-0.2, -0.15) is 4.31 Å². The summed E-state index contributed by atoms with van der Waals surface area (Å²) in [6.45, 7) is 2.42. The molecule has 1 aliphatic heterocycles. The SMILES string of the molecule is Cc1ccc(S(=O)(=O)N2CCCCC2)cc1C(=O)Nc1ccc(F)c(F)c1F. The summed E-state index contributed by atoms with van der Waals surface area (Å²) in [5, 5.41) is 2.16. The number of benzene rings is 2. The van der Waals surface area contributed by atoms with Gasteiger partial charge in [-0.3, -0.25) is 4.79 Å². The average molecular weight is 412 g/mol. The van der Waals surface area contributed by atoms with Gasteiger partial charge in [0.25, 0.3) is 5.91 Å². The van der Waals surface area contributed by atoms with Gasteiger partial charge in [-0.05, 0) is 49.6 Å². The average Bonchev–Trinajstić information content (AvgIpc) is 2.69. The van der Waals surface area contributed by atoms with E-state index >= 15 is 0 Å². The van der Waals surface area contributed by atoms with Gasteiger partial charge in [0.1, 0.15) is 0 Å². The molecule has 2 aromatic carbocycles. The standard InChI is InChI=1S/C19H19F3N2O3S/c1-12-5-6-13(28(26,27)24-9-3-2-4-10-24)11-14(12)19(25)23-16-8-7-15(20)17(21)18(16)22/h5-8,11H,2-4,9-10H2,1H3,(H,23,25). The van der Waals surface area contributed by atoms with Gasteiger partial charge in [-0.15, -0.1) is 0 Å². The summed E-state index contributed by atoms with van der Waals surface area (Å²) in [6, 6.07) is 5.70. The molecule has 9 heteroatoms. The van der Waals surface area contributed by atoms with Gasteiger partial charge in [-0.1, -0.05) is 12.5 Å². The molecule has 0 saturated carbocycles. The molecule has 1 aliphatic rings. The molecule has 0 bridgehead atoms. The Morgan fingerprint density at radius 2 is 1.68 bits per heavy atom. The van der Waals surface area contributed by atoms with E-state index in [9.17, 15) is 26.4 Å². The highest BCUT2D eigenvalue weighted by Gasteiger charge is 2.27. The molecule has 0 aliphatic carbocycles. The predicted octanol–water partition coefficient (Wildman–Crippen LogP) is 3.84. The quantitative estimate of drug-likeness (QED) is 0.776. The Bertz CT molecular complexity index is 1020. The Kier molecular flexibility index (Phi) is 5.76. The summed E-state index contributed by atoms with van der Waals surface area (Å²) in [5.74, 6) is -5.42. The third-order valence-corrected chi connectivity index (χ3v) is 6.58. The monoisotopic (exact) mass is 412 g/mol. The number of anilines is 1. The second-order valence-electron chi connectivity index (χ2n) is 6.62. The minimum Gasteiger partial charge on any atom is -0.319 e. The zero-order valence-electron chi connectivity index (χ0n) is 15.1. The number of amides is 1.